The van der Waals surface area contributed by atoms with Crippen molar-refractivity contribution in [1.29, 1.82) is 0 Å². The summed E-state index contributed by atoms with van der Waals surface area (Å²) in [6, 6.07) is 7.04. The molecule has 1 aromatic rings. The molecule has 1 saturated carbocycles. The molecule has 2 heteroatoms. The Bertz CT molecular complexity index is 272. The molecule has 1 aliphatic carbocycles. The minimum absolute atomic E-state index is 0.120. The third-order valence-corrected chi connectivity index (χ3v) is 2.14. The molecule has 1 aliphatic rings. The quantitative estimate of drug-likeness (QED) is 0.648. The molecule has 1 aromatic carbocycles. The van der Waals surface area contributed by atoms with Crippen LogP contribution in [0.5, 0.6) is 0 Å². The van der Waals surface area contributed by atoms with Gasteiger partial charge >= 0.3 is 0 Å². The van der Waals surface area contributed by atoms with E-state index in [1.807, 2.05) is 12.1 Å². The molecule has 0 heterocycles. The van der Waals surface area contributed by atoms with Gasteiger partial charge in [0.05, 0.1) is 0 Å². The van der Waals surface area contributed by atoms with E-state index in [0.29, 0.717) is 0 Å². The van der Waals surface area contributed by atoms with Crippen LogP contribution in [-0.4, -0.2) is 6.04 Å². The van der Waals surface area contributed by atoms with E-state index in [-0.39, 0.29) is 17.8 Å². The molecule has 2 rings (SSSR count). The Labute approximate surface area is 65.0 Å². The van der Waals surface area contributed by atoms with Gasteiger partial charge in [0.15, 0.2) is 0 Å². The van der Waals surface area contributed by atoms with Crippen LogP contribution >= 0.6 is 0 Å². The van der Waals surface area contributed by atoms with Gasteiger partial charge in [0.25, 0.3) is 0 Å². The third kappa shape index (κ3) is 1.14. The number of benzene rings is 1. The van der Waals surface area contributed by atoms with E-state index in [4.69, 9.17) is 5.73 Å². The van der Waals surface area contributed by atoms with Gasteiger partial charge < -0.3 is 5.73 Å². The van der Waals surface area contributed by atoms with Crippen molar-refractivity contribution < 1.29 is 4.39 Å². The van der Waals surface area contributed by atoms with Crippen molar-refractivity contribution in [2.75, 3.05) is 0 Å². The Hall–Kier alpha value is -0.890. The molecular weight excluding hydrogens is 141 g/mol. The van der Waals surface area contributed by atoms with Gasteiger partial charge in [-0.05, 0) is 18.1 Å². The lowest BCUT2D eigenvalue weighted by Gasteiger charge is -1.98. The maximum atomic E-state index is 13.0. The van der Waals surface area contributed by atoms with Gasteiger partial charge in [0.2, 0.25) is 0 Å². The summed E-state index contributed by atoms with van der Waals surface area (Å²) in [5, 5.41) is 0. The van der Waals surface area contributed by atoms with Crippen molar-refractivity contribution in [3.05, 3.63) is 35.6 Å². The summed E-state index contributed by atoms with van der Waals surface area (Å²) in [7, 11) is 0. The van der Waals surface area contributed by atoms with Gasteiger partial charge in [0, 0.05) is 12.0 Å². The van der Waals surface area contributed by atoms with Gasteiger partial charge in [0.1, 0.15) is 5.82 Å². The van der Waals surface area contributed by atoms with Gasteiger partial charge in [-0.15, -0.1) is 0 Å². The lowest BCUT2D eigenvalue weighted by atomic mass is 10.1. The van der Waals surface area contributed by atoms with Crippen LogP contribution in [0.15, 0.2) is 24.3 Å². The van der Waals surface area contributed by atoms with Crippen LogP contribution in [0.1, 0.15) is 17.9 Å². The van der Waals surface area contributed by atoms with Crippen molar-refractivity contribution in [1.82, 2.24) is 0 Å². The second-order valence-corrected chi connectivity index (χ2v) is 3.03. The Balaban J connectivity index is 2.31. The lowest BCUT2D eigenvalue weighted by Crippen LogP contribution is -2.01. The van der Waals surface area contributed by atoms with Crippen molar-refractivity contribution in [3.63, 3.8) is 0 Å². The van der Waals surface area contributed by atoms with Crippen LogP contribution in [0.25, 0.3) is 0 Å². The molecule has 0 saturated heterocycles. The highest BCUT2D eigenvalue weighted by Gasteiger charge is 2.36. The normalized spacial score (nSPS) is 28.5. The number of halogens is 1. The second kappa shape index (κ2) is 2.31. The molecule has 0 spiro atoms. The van der Waals surface area contributed by atoms with E-state index in [2.05, 4.69) is 0 Å². The van der Waals surface area contributed by atoms with Gasteiger partial charge in [-0.3, -0.25) is 0 Å². The first-order valence-electron chi connectivity index (χ1n) is 3.79. The van der Waals surface area contributed by atoms with E-state index in [9.17, 15) is 4.39 Å². The molecule has 0 amide bonds. The summed E-state index contributed by atoms with van der Waals surface area (Å²) < 4.78 is 13.0. The summed E-state index contributed by atoms with van der Waals surface area (Å²) in [6.45, 7) is 0. The summed E-state index contributed by atoms with van der Waals surface area (Å²) in [4.78, 5) is 0. The maximum Gasteiger partial charge on any atom is 0.126 e. The van der Waals surface area contributed by atoms with E-state index in [1.54, 1.807) is 6.07 Å². The van der Waals surface area contributed by atoms with Gasteiger partial charge in [-0.25, -0.2) is 4.39 Å². The fourth-order valence-electron chi connectivity index (χ4n) is 1.35. The SMILES string of the molecule is N[C@H]1C[C@@H]1c1ccccc1F. The van der Waals surface area contributed by atoms with Crippen molar-refractivity contribution >= 4 is 0 Å². The van der Waals surface area contributed by atoms with Gasteiger partial charge in [-0.2, -0.15) is 0 Å². The fraction of sp³-hybridized carbons (Fsp3) is 0.333. The monoisotopic (exact) mass is 151 g/mol. The van der Waals surface area contributed by atoms with E-state index in [1.165, 1.54) is 6.07 Å². The standard InChI is InChI=1S/C9H10FN/c10-8-4-2-1-3-6(8)7-5-9(7)11/h1-4,7,9H,5,11H2/t7-,9+/m1/s1. The molecule has 0 unspecified atom stereocenters. The topological polar surface area (TPSA) is 26.0 Å². The fourth-order valence-corrected chi connectivity index (χ4v) is 1.35. The summed E-state index contributed by atoms with van der Waals surface area (Å²) >= 11 is 0. The van der Waals surface area contributed by atoms with Crippen LogP contribution in [0.4, 0.5) is 4.39 Å². The average Bonchev–Trinajstić information content (AvgIpc) is 2.68. The summed E-state index contributed by atoms with van der Waals surface area (Å²) in [5.41, 5.74) is 6.38. The highest BCUT2D eigenvalue weighted by molar-refractivity contribution is 5.28. The zero-order valence-electron chi connectivity index (χ0n) is 6.13. The highest BCUT2D eigenvalue weighted by atomic mass is 19.1. The molecule has 11 heavy (non-hydrogen) atoms. The smallest absolute Gasteiger partial charge is 0.126 e. The molecule has 2 atom stereocenters. The van der Waals surface area contributed by atoms with E-state index >= 15 is 0 Å². The highest BCUT2D eigenvalue weighted by Crippen LogP contribution is 2.39. The summed E-state index contributed by atoms with van der Waals surface area (Å²) in [5.74, 6) is 0.154. The number of nitrogens with two attached hydrogens (primary N) is 1. The number of rotatable bonds is 1. The van der Waals surface area contributed by atoms with Crippen molar-refractivity contribution in [3.8, 4) is 0 Å². The number of hydrogen-bond donors (Lipinski definition) is 1. The van der Waals surface area contributed by atoms with Crippen LogP contribution in [0.2, 0.25) is 0 Å². The first-order chi connectivity index (χ1) is 5.29. The molecule has 58 valence electrons. The van der Waals surface area contributed by atoms with Crippen LogP contribution in [0.3, 0.4) is 0 Å². The Morgan fingerprint density at radius 1 is 1.36 bits per heavy atom. The first-order valence-corrected chi connectivity index (χ1v) is 3.79. The predicted molar refractivity (Wildman–Crippen MR) is 41.7 cm³/mol. The first kappa shape index (κ1) is 6.80. The zero-order chi connectivity index (χ0) is 7.84. The Morgan fingerprint density at radius 2 is 2.00 bits per heavy atom. The van der Waals surface area contributed by atoms with E-state index in [0.717, 1.165) is 12.0 Å². The predicted octanol–water partition coefficient (Wildman–Crippen LogP) is 1.64. The minimum Gasteiger partial charge on any atom is -0.327 e. The van der Waals surface area contributed by atoms with Crippen molar-refractivity contribution in [2.45, 2.75) is 18.4 Å². The van der Waals surface area contributed by atoms with Crippen LogP contribution in [0, 0.1) is 5.82 Å². The van der Waals surface area contributed by atoms with Crippen molar-refractivity contribution in [2.24, 2.45) is 5.73 Å². The van der Waals surface area contributed by atoms with Crippen LogP contribution in [-0.2, 0) is 0 Å². The minimum atomic E-state index is -0.120. The molecule has 0 aromatic heterocycles. The molecule has 0 radical (unpaired) electrons. The third-order valence-electron chi connectivity index (χ3n) is 2.14. The van der Waals surface area contributed by atoms with E-state index < -0.39 is 0 Å². The van der Waals surface area contributed by atoms with Crippen LogP contribution < -0.4 is 5.73 Å². The molecule has 1 nitrogen and oxygen atoms in total. The maximum absolute atomic E-state index is 13.0. The Morgan fingerprint density at radius 3 is 2.55 bits per heavy atom. The molecule has 1 fully saturated rings. The largest absolute Gasteiger partial charge is 0.327 e. The average molecular weight is 151 g/mol. The summed E-state index contributed by atoms with van der Waals surface area (Å²) in [6.07, 6.45) is 0.931. The molecule has 2 N–H and O–H groups in total. The zero-order valence-corrected chi connectivity index (χ0v) is 6.13. The number of hydrogen-bond acceptors (Lipinski definition) is 1. The Kier molecular flexibility index (Phi) is 1.43. The van der Waals surface area contributed by atoms with Gasteiger partial charge in [-0.1, -0.05) is 18.2 Å². The second-order valence-electron chi connectivity index (χ2n) is 3.03. The molecule has 0 bridgehead atoms. The lowest BCUT2D eigenvalue weighted by molar-refractivity contribution is 0.609. The molecular formula is C9H10FN. The molecule has 0 aliphatic heterocycles.